The molecule has 0 atom stereocenters. The topological polar surface area (TPSA) is 14.2 Å². The summed E-state index contributed by atoms with van der Waals surface area (Å²) in [7, 11) is 1.71. The van der Waals surface area contributed by atoms with Crippen molar-refractivity contribution in [2.45, 2.75) is 13.7 Å². The molecule has 2 nitrogen and oxygen atoms in total. The highest BCUT2D eigenvalue weighted by molar-refractivity contribution is 5.83. The first kappa shape index (κ1) is 8.32. The molecule has 0 aliphatic rings. The molecular weight excluding hydrogens is 162 g/mol. The Morgan fingerprint density at radius 3 is 2.92 bits per heavy atom. The molecule has 0 aliphatic heterocycles. The minimum atomic E-state index is 0.618. The van der Waals surface area contributed by atoms with Gasteiger partial charge in [-0.1, -0.05) is 12.1 Å². The molecule has 0 amide bonds. The second kappa shape index (κ2) is 3.23. The van der Waals surface area contributed by atoms with Crippen molar-refractivity contribution in [3.8, 4) is 0 Å². The Labute approximate surface area is 77.7 Å². The summed E-state index contributed by atoms with van der Waals surface area (Å²) >= 11 is 0. The van der Waals surface area contributed by atoms with Gasteiger partial charge in [-0.25, -0.2) is 0 Å². The van der Waals surface area contributed by atoms with E-state index < -0.39 is 0 Å². The van der Waals surface area contributed by atoms with Gasteiger partial charge in [-0.2, -0.15) is 0 Å². The fourth-order valence-electron chi connectivity index (χ4n) is 1.63. The monoisotopic (exact) mass is 175 g/mol. The Kier molecular flexibility index (Phi) is 2.07. The maximum atomic E-state index is 5.10. The lowest BCUT2D eigenvalue weighted by molar-refractivity contribution is 0.135. The largest absolute Gasteiger partial charge is 0.364 e. The summed E-state index contributed by atoms with van der Waals surface area (Å²) < 4.78 is 7.20. The van der Waals surface area contributed by atoms with Crippen molar-refractivity contribution >= 4 is 10.9 Å². The number of nitrogens with zero attached hydrogens (tertiary/aromatic N) is 1. The van der Waals surface area contributed by atoms with E-state index in [1.165, 1.54) is 16.5 Å². The first-order valence-corrected chi connectivity index (χ1v) is 4.36. The van der Waals surface area contributed by atoms with Gasteiger partial charge in [0.1, 0.15) is 6.73 Å². The Balaban J connectivity index is 2.61. The standard InChI is InChI=1S/C11H13NO/c1-9-4-3-5-11-10(9)6-7-12(11)8-13-2/h3-7H,8H2,1-2H3. The van der Waals surface area contributed by atoms with Gasteiger partial charge in [-0.3, -0.25) is 0 Å². The molecule has 2 heteroatoms. The summed E-state index contributed by atoms with van der Waals surface area (Å²) in [4.78, 5) is 0. The van der Waals surface area contributed by atoms with Crippen molar-refractivity contribution in [2.75, 3.05) is 7.11 Å². The van der Waals surface area contributed by atoms with Crippen molar-refractivity contribution in [1.82, 2.24) is 4.57 Å². The number of benzene rings is 1. The minimum Gasteiger partial charge on any atom is -0.364 e. The highest BCUT2D eigenvalue weighted by atomic mass is 16.5. The van der Waals surface area contributed by atoms with Crippen LogP contribution in [-0.4, -0.2) is 11.7 Å². The zero-order valence-electron chi connectivity index (χ0n) is 7.95. The molecule has 2 rings (SSSR count). The summed E-state index contributed by atoms with van der Waals surface area (Å²) in [6.45, 7) is 2.74. The van der Waals surface area contributed by atoms with Gasteiger partial charge in [-0.05, 0) is 24.6 Å². The minimum absolute atomic E-state index is 0.618. The van der Waals surface area contributed by atoms with Crippen LogP contribution >= 0.6 is 0 Å². The van der Waals surface area contributed by atoms with Gasteiger partial charge < -0.3 is 9.30 Å². The van der Waals surface area contributed by atoms with Crippen LogP contribution in [0.15, 0.2) is 30.5 Å². The maximum absolute atomic E-state index is 5.10. The van der Waals surface area contributed by atoms with Crippen molar-refractivity contribution in [2.24, 2.45) is 0 Å². The third-order valence-electron chi connectivity index (χ3n) is 2.30. The number of hydrogen-bond acceptors (Lipinski definition) is 1. The van der Waals surface area contributed by atoms with Crippen LogP contribution in [0, 0.1) is 6.92 Å². The number of hydrogen-bond donors (Lipinski definition) is 0. The third-order valence-corrected chi connectivity index (χ3v) is 2.30. The van der Waals surface area contributed by atoms with Crippen molar-refractivity contribution in [1.29, 1.82) is 0 Å². The van der Waals surface area contributed by atoms with Crippen molar-refractivity contribution in [3.05, 3.63) is 36.0 Å². The SMILES string of the molecule is COCn1ccc2c(C)cccc21. The van der Waals surface area contributed by atoms with Gasteiger partial charge in [0, 0.05) is 18.7 Å². The van der Waals surface area contributed by atoms with E-state index in [-0.39, 0.29) is 0 Å². The Morgan fingerprint density at radius 2 is 2.15 bits per heavy atom. The van der Waals surface area contributed by atoms with Crippen LogP contribution in [0.5, 0.6) is 0 Å². The summed E-state index contributed by atoms with van der Waals surface area (Å²) in [6.07, 6.45) is 2.06. The number of fused-ring (bicyclic) bond motifs is 1. The average molecular weight is 175 g/mol. The molecular formula is C11H13NO. The van der Waals surface area contributed by atoms with E-state index in [1.54, 1.807) is 7.11 Å². The molecule has 68 valence electrons. The van der Waals surface area contributed by atoms with E-state index in [0.717, 1.165) is 0 Å². The second-order valence-corrected chi connectivity index (χ2v) is 3.21. The third kappa shape index (κ3) is 1.33. The van der Waals surface area contributed by atoms with Crippen molar-refractivity contribution < 1.29 is 4.74 Å². The molecule has 13 heavy (non-hydrogen) atoms. The summed E-state index contributed by atoms with van der Waals surface area (Å²) in [5.41, 5.74) is 2.55. The molecule has 2 aromatic rings. The number of ether oxygens (including phenoxy) is 1. The summed E-state index contributed by atoms with van der Waals surface area (Å²) in [5.74, 6) is 0. The molecule has 0 spiro atoms. The predicted molar refractivity (Wildman–Crippen MR) is 53.7 cm³/mol. The van der Waals surface area contributed by atoms with Crippen LogP contribution in [0.4, 0.5) is 0 Å². The van der Waals surface area contributed by atoms with E-state index in [1.807, 2.05) is 0 Å². The van der Waals surface area contributed by atoms with Gasteiger partial charge in [0.15, 0.2) is 0 Å². The molecule has 0 saturated carbocycles. The average Bonchev–Trinajstić information content (AvgIpc) is 2.51. The molecule has 0 radical (unpaired) electrons. The number of aromatic nitrogens is 1. The second-order valence-electron chi connectivity index (χ2n) is 3.21. The number of aryl methyl sites for hydroxylation is 1. The van der Waals surface area contributed by atoms with Crippen LogP contribution in [0.25, 0.3) is 10.9 Å². The zero-order chi connectivity index (χ0) is 9.26. The van der Waals surface area contributed by atoms with Crippen LogP contribution < -0.4 is 0 Å². The highest BCUT2D eigenvalue weighted by Gasteiger charge is 2.00. The first-order valence-electron chi connectivity index (χ1n) is 4.36. The number of rotatable bonds is 2. The van der Waals surface area contributed by atoms with E-state index in [0.29, 0.717) is 6.73 Å². The lowest BCUT2D eigenvalue weighted by Gasteiger charge is -2.03. The molecule has 1 aromatic carbocycles. The Hall–Kier alpha value is -1.28. The Morgan fingerprint density at radius 1 is 1.31 bits per heavy atom. The molecule has 0 unspecified atom stereocenters. The van der Waals surface area contributed by atoms with Crippen LogP contribution in [0.2, 0.25) is 0 Å². The lowest BCUT2D eigenvalue weighted by atomic mass is 10.1. The van der Waals surface area contributed by atoms with Gasteiger partial charge in [0.2, 0.25) is 0 Å². The quantitative estimate of drug-likeness (QED) is 0.684. The van der Waals surface area contributed by atoms with E-state index >= 15 is 0 Å². The normalized spacial score (nSPS) is 10.9. The molecule has 1 heterocycles. The fourth-order valence-corrected chi connectivity index (χ4v) is 1.63. The van der Waals surface area contributed by atoms with Crippen molar-refractivity contribution in [3.63, 3.8) is 0 Å². The first-order chi connectivity index (χ1) is 6.33. The molecule has 0 N–H and O–H groups in total. The highest BCUT2D eigenvalue weighted by Crippen LogP contribution is 2.19. The van der Waals surface area contributed by atoms with Gasteiger partial charge in [-0.15, -0.1) is 0 Å². The molecule has 1 aromatic heterocycles. The van der Waals surface area contributed by atoms with Gasteiger partial charge in [0.25, 0.3) is 0 Å². The number of methoxy groups -OCH3 is 1. The summed E-state index contributed by atoms with van der Waals surface area (Å²) in [6, 6.07) is 8.44. The maximum Gasteiger partial charge on any atom is 0.122 e. The van der Waals surface area contributed by atoms with Gasteiger partial charge in [0.05, 0.1) is 5.52 Å². The van der Waals surface area contributed by atoms with Gasteiger partial charge >= 0.3 is 0 Å². The van der Waals surface area contributed by atoms with E-state index in [2.05, 4.69) is 42.0 Å². The molecule has 0 fully saturated rings. The molecule has 0 saturated heterocycles. The predicted octanol–water partition coefficient (Wildman–Crippen LogP) is 2.55. The summed E-state index contributed by atoms with van der Waals surface area (Å²) in [5, 5.41) is 1.31. The lowest BCUT2D eigenvalue weighted by Crippen LogP contribution is -1.96. The fraction of sp³-hybridized carbons (Fsp3) is 0.273. The molecule has 0 aliphatic carbocycles. The van der Waals surface area contributed by atoms with Crippen LogP contribution in [0.3, 0.4) is 0 Å². The van der Waals surface area contributed by atoms with Crippen LogP contribution in [0.1, 0.15) is 5.56 Å². The molecule has 0 bridgehead atoms. The van der Waals surface area contributed by atoms with Crippen LogP contribution in [-0.2, 0) is 11.5 Å². The van der Waals surface area contributed by atoms with E-state index in [9.17, 15) is 0 Å². The smallest absolute Gasteiger partial charge is 0.122 e. The zero-order valence-corrected chi connectivity index (χ0v) is 7.95. The Bertz CT molecular complexity index is 417. The van der Waals surface area contributed by atoms with E-state index in [4.69, 9.17) is 4.74 Å².